The zero-order valence-corrected chi connectivity index (χ0v) is 19.4. The number of anilines is 1. The maximum atomic E-state index is 12.5. The van der Waals surface area contributed by atoms with Crippen LogP contribution in [0.4, 0.5) is 5.69 Å². The Morgan fingerprint density at radius 1 is 1.09 bits per heavy atom. The number of aromatic nitrogens is 3. The van der Waals surface area contributed by atoms with E-state index in [1.165, 1.54) is 36.0 Å². The van der Waals surface area contributed by atoms with Gasteiger partial charge in [-0.25, -0.2) is 13.6 Å². The van der Waals surface area contributed by atoms with E-state index in [9.17, 15) is 13.2 Å². The number of sulfonamides is 1. The summed E-state index contributed by atoms with van der Waals surface area (Å²) in [7, 11) is -3.78. The van der Waals surface area contributed by atoms with E-state index in [0.717, 1.165) is 16.1 Å². The lowest BCUT2D eigenvalue weighted by molar-refractivity contribution is -0.113. The van der Waals surface area contributed by atoms with Gasteiger partial charge in [0.15, 0.2) is 11.0 Å². The average Bonchev–Trinajstić information content (AvgIpc) is 3.42. The third-order valence-corrected chi connectivity index (χ3v) is 7.19. The Morgan fingerprint density at radius 3 is 2.44 bits per heavy atom. The number of hydrogen-bond donors (Lipinski definition) is 2. The molecule has 0 bridgehead atoms. The number of thioether (sulfide) groups is 1. The second kappa shape index (κ2) is 9.25. The topological polar surface area (TPSA) is 120 Å². The van der Waals surface area contributed by atoms with Gasteiger partial charge in [-0.05, 0) is 54.8 Å². The average molecular weight is 486 g/mol. The molecule has 11 heteroatoms. The van der Waals surface area contributed by atoms with Crippen LogP contribution in [0.3, 0.4) is 0 Å². The normalized spacial score (nSPS) is 11.4. The van der Waals surface area contributed by atoms with Gasteiger partial charge in [0.05, 0.1) is 15.5 Å². The number of primary sulfonamides is 1. The highest BCUT2D eigenvalue weighted by Gasteiger charge is 2.18. The summed E-state index contributed by atoms with van der Waals surface area (Å²) in [6.07, 6.45) is 0. The van der Waals surface area contributed by atoms with Gasteiger partial charge in [-0.1, -0.05) is 35.5 Å². The number of nitrogens with two attached hydrogens (primary N) is 1. The maximum Gasteiger partial charge on any atom is 0.238 e. The van der Waals surface area contributed by atoms with Gasteiger partial charge in [0.2, 0.25) is 15.9 Å². The van der Waals surface area contributed by atoms with Crippen LogP contribution in [-0.2, 0) is 14.8 Å². The Balaban J connectivity index is 1.52. The van der Waals surface area contributed by atoms with Crippen molar-refractivity contribution in [2.75, 3.05) is 11.1 Å². The molecule has 0 atom stereocenters. The number of nitrogens with one attached hydrogen (secondary N) is 1. The Labute approximate surface area is 193 Å². The molecule has 3 N–H and O–H groups in total. The van der Waals surface area contributed by atoms with Crippen molar-refractivity contribution < 1.29 is 13.2 Å². The van der Waals surface area contributed by atoms with Crippen molar-refractivity contribution >= 4 is 44.7 Å². The largest absolute Gasteiger partial charge is 0.325 e. The first-order chi connectivity index (χ1) is 15.3. The minimum Gasteiger partial charge on any atom is -0.325 e. The van der Waals surface area contributed by atoms with E-state index < -0.39 is 10.0 Å². The molecule has 0 aliphatic heterocycles. The molecule has 0 radical (unpaired) electrons. The molecular formula is C21H19N5O3S3. The van der Waals surface area contributed by atoms with Gasteiger partial charge < -0.3 is 5.32 Å². The Bertz CT molecular complexity index is 1330. The number of aryl methyl sites for hydroxylation is 1. The van der Waals surface area contributed by atoms with Crippen molar-refractivity contribution in [3.8, 4) is 16.4 Å². The molecule has 2 heterocycles. The third kappa shape index (κ3) is 5.07. The third-order valence-electron chi connectivity index (χ3n) is 4.47. The quantitative estimate of drug-likeness (QED) is 0.385. The highest BCUT2D eigenvalue weighted by atomic mass is 32.2. The number of rotatable bonds is 7. The molecule has 0 aliphatic carbocycles. The number of nitrogens with zero attached hydrogens (tertiary/aromatic N) is 3. The summed E-state index contributed by atoms with van der Waals surface area (Å²) in [6.45, 7) is 2.02. The number of carbonyl (C=O) groups excluding carboxylic acids is 1. The first-order valence-corrected chi connectivity index (χ1v) is 12.8. The first kappa shape index (κ1) is 22.2. The van der Waals surface area contributed by atoms with E-state index in [1.54, 1.807) is 11.3 Å². The van der Waals surface area contributed by atoms with Crippen LogP contribution in [0.25, 0.3) is 16.4 Å². The van der Waals surface area contributed by atoms with E-state index >= 15 is 0 Å². The fraction of sp³-hybridized carbons (Fsp3) is 0.0952. The Morgan fingerprint density at radius 2 is 1.81 bits per heavy atom. The van der Waals surface area contributed by atoms with Crippen LogP contribution >= 0.6 is 23.1 Å². The minimum atomic E-state index is -3.78. The van der Waals surface area contributed by atoms with Gasteiger partial charge in [0.25, 0.3) is 0 Å². The summed E-state index contributed by atoms with van der Waals surface area (Å²) in [5.41, 5.74) is 2.52. The van der Waals surface area contributed by atoms with Crippen molar-refractivity contribution in [3.05, 3.63) is 71.6 Å². The van der Waals surface area contributed by atoms with Crippen molar-refractivity contribution in [1.29, 1.82) is 0 Å². The molecule has 2 aromatic carbocycles. The summed E-state index contributed by atoms with van der Waals surface area (Å²) >= 11 is 2.83. The minimum absolute atomic E-state index is 0.0165. The zero-order chi connectivity index (χ0) is 22.7. The van der Waals surface area contributed by atoms with Crippen molar-refractivity contribution in [1.82, 2.24) is 14.8 Å². The number of thiophene rings is 1. The standard InChI is InChI=1S/C21H19N5O3S3/c1-14-4-8-16(9-5-14)26-20(18-3-2-12-30-18)24-25-21(26)31-13-19(27)23-15-6-10-17(11-7-15)32(22,28)29/h2-12H,13H2,1H3,(H,23,27)(H2,22,28,29). The number of hydrogen-bond acceptors (Lipinski definition) is 7. The summed E-state index contributed by atoms with van der Waals surface area (Å²) in [4.78, 5) is 13.4. The van der Waals surface area contributed by atoms with Crippen LogP contribution in [0.2, 0.25) is 0 Å². The first-order valence-electron chi connectivity index (χ1n) is 9.43. The van der Waals surface area contributed by atoms with Crippen LogP contribution in [0.15, 0.2) is 76.1 Å². The number of carbonyl (C=O) groups is 1. The molecule has 8 nitrogen and oxygen atoms in total. The second-order valence-electron chi connectivity index (χ2n) is 6.86. The van der Waals surface area contributed by atoms with Gasteiger partial charge in [-0.15, -0.1) is 21.5 Å². The molecule has 1 amide bonds. The van der Waals surface area contributed by atoms with E-state index in [-0.39, 0.29) is 16.6 Å². The van der Waals surface area contributed by atoms with Gasteiger partial charge >= 0.3 is 0 Å². The number of benzene rings is 2. The molecular weight excluding hydrogens is 466 g/mol. The maximum absolute atomic E-state index is 12.5. The summed E-state index contributed by atoms with van der Waals surface area (Å²) in [5, 5.41) is 19.1. The Hall–Kier alpha value is -2.99. The molecule has 32 heavy (non-hydrogen) atoms. The zero-order valence-electron chi connectivity index (χ0n) is 16.9. The van der Waals surface area contributed by atoms with Gasteiger partial charge in [0.1, 0.15) is 0 Å². The molecule has 164 valence electrons. The van der Waals surface area contributed by atoms with Crippen LogP contribution in [0.5, 0.6) is 0 Å². The number of amides is 1. The summed E-state index contributed by atoms with van der Waals surface area (Å²) in [6, 6.07) is 17.6. The molecule has 0 fully saturated rings. The molecule has 0 unspecified atom stereocenters. The Kier molecular flexibility index (Phi) is 6.42. The highest BCUT2D eigenvalue weighted by molar-refractivity contribution is 7.99. The monoisotopic (exact) mass is 485 g/mol. The smallest absolute Gasteiger partial charge is 0.238 e. The van der Waals surface area contributed by atoms with Gasteiger partial charge in [-0.3, -0.25) is 9.36 Å². The lowest BCUT2D eigenvalue weighted by Gasteiger charge is -2.10. The lowest BCUT2D eigenvalue weighted by atomic mass is 10.2. The SMILES string of the molecule is Cc1ccc(-n2c(SCC(=O)Nc3ccc(S(N)(=O)=O)cc3)nnc2-c2cccs2)cc1. The molecule has 0 aliphatic rings. The molecule has 4 aromatic rings. The van der Waals surface area contributed by atoms with E-state index in [2.05, 4.69) is 15.5 Å². The van der Waals surface area contributed by atoms with Crippen molar-refractivity contribution in [3.63, 3.8) is 0 Å². The predicted octanol–water partition coefficient (Wildman–Crippen LogP) is 3.68. The van der Waals surface area contributed by atoms with Crippen LogP contribution in [-0.4, -0.2) is 34.8 Å². The van der Waals surface area contributed by atoms with E-state index in [4.69, 9.17) is 5.14 Å². The lowest BCUT2D eigenvalue weighted by Crippen LogP contribution is -2.15. The predicted molar refractivity (Wildman–Crippen MR) is 127 cm³/mol. The van der Waals surface area contributed by atoms with E-state index in [1.807, 2.05) is 53.3 Å². The summed E-state index contributed by atoms with van der Waals surface area (Å²) < 4.78 is 24.6. The molecule has 0 spiro atoms. The second-order valence-corrected chi connectivity index (χ2v) is 10.3. The van der Waals surface area contributed by atoms with E-state index in [0.29, 0.717) is 16.7 Å². The molecule has 0 saturated carbocycles. The fourth-order valence-corrected chi connectivity index (χ4v) is 4.88. The molecule has 4 rings (SSSR count). The van der Waals surface area contributed by atoms with Crippen molar-refractivity contribution in [2.24, 2.45) is 5.14 Å². The van der Waals surface area contributed by atoms with Gasteiger partial charge in [-0.2, -0.15) is 0 Å². The van der Waals surface area contributed by atoms with Crippen molar-refractivity contribution in [2.45, 2.75) is 17.0 Å². The fourth-order valence-electron chi connectivity index (χ4n) is 2.91. The van der Waals surface area contributed by atoms with Crippen LogP contribution in [0, 0.1) is 6.92 Å². The van der Waals surface area contributed by atoms with Crippen LogP contribution < -0.4 is 10.5 Å². The highest BCUT2D eigenvalue weighted by Crippen LogP contribution is 2.30. The van der Waals surface area contributed by atoms with Crippen LogP contribution in [0.1, 0.15) is 5.56 Å². The molecule has 0 saturated heterocycles. The molecule has 2 aromatic heterocycles. The van der Waals surface area contributed by atoms with Gasteiger partial charge in [0, 0.05) is 11.4 Å². The summed E-state index contributed by atoms with van der Waals surface area (Å²) in [5.74, 6) is 0.561.